The summed E-state index contributed by atoms with van der Waals surface area (Å²) in [6.45, 7) is 14.7. The maximum absolute atomic E-state index is 2.51. The highest BCUT2D eigenvalue weighted by Gasteiger charge is 2.35. The van der Waals surface area contributed by atoms with Gasteiger partial charge >= 0.3 is 0 Å². The Balaban J connectivity index is 2.38. The summed E-state index contributed by atoms with van der Waals surface area (Å²) in [6.07, 6.45) is 7.95. The minimum Gasteiger partial charge on any atom is -0.0949 e. The maximum atomic E-state index is 2.51. The molecule has 0 amide bonds. The van der Waals surface area contributed by atoms with Crippen molar-refractivity contribution in [2.45, 2.75) is 90.1 Å². The second-order valence-corrected chi connectivity index (χ2v) is 15.9. The van der Waals surface area contributed by atoms with E-state index < -0.39 is 0 Å². The Labute approximate surface area is 189 Å². The van der Waals surface area contributed by atoms with Crippen LogP contribution in [0.5, 0.6) is 0 Å². The highest BCUT2D eigenvalue weighted by atomic mass is 31.2. The predicted molar refractivity (Wildman–Crippen MR) is 142 cm³/mol. The van der Waals surface area contributed by atoms with Crippen LogP contribution in [0.2, 0.25) is 0 Å². The molecule has 0 N–H and O–H groups in total. The standard InChI is InChI=1S/C28H44P2/c1-7-10-22-27(25-20-15-12-16-21-25)30(28(4,5)6)23-29(9-3)26(17-8-2)24-18-13-11-14-19-24/h11-16,18-21,26-27H,7-10,17,22-23H2,1-6H3. The molecule has 0 spiro atoms. The summed E-state index contributed by atoms with van der Waals surface area (Å²) in [6, 6.07) is 22.9. The molecule has 0 aliphatic carbocycles. The van der Waals surface area contributed by atoms with Crippen molar-refractivity contribution in [1.82, 2.24) is 0 Å². The minimum atomic E-state index is -0.103. The Morgan fingerprint density at radius 1 is 0.700 bits per heavy atom. The minimum absolute atomic E-state index is 0.0167. The van der Waals surface area contributed by atoms with Gasteiger partial charge in [0.1, 0.15) is 0 Å². The van der Waals surface area contributed by atoms with Crippen LogP contribution in [0.1, 0.15) is 96.1 Å². The summed E-state index contributed by atoms with van der Waals surface area (Å²) in [7, 11) is -0.120. The van der Waals surface area contributed by atoms with Crippen molar-refractivity contribution >= 4 is 15.8 Å². The van der Waals surface area contributed by atoms with Crippen LogP contribution in [0.3, 0.4) is 0 Å². The van der Waals surface area contributed by atoms with E-state index >= 15 is 0 Å². The van der Waals surface area contributed by atoms with Crippen molar-refractivity contribution in [1.29, 1.82) is 0 Å². The molecule has 0 radical (unpaired) electrons. The predicted octanol–water partition coefficient (Wildman–Crippen LogP) is 10.2. The van der Waals surface area contributed by atoms with Crippen LogP contribution in [0, 0.1) is 0 Å². The van der Waals surface area contributed by atoms with Crippen molar-refractivity contribution in [2.24, 2.45) is 0 Å². The second kappa shape index (κ2) is 13.0. The fraction of sp³-hybridized carbons (Fsp3) is 0.571. The molecule has 0 fully saturated rings. The normalized spacial score (nSPS) is 16.1. The largest absolute Gasteiger partial charge is 0.0949 e. The lowest BCUT2D eigenvalue weighted by molar-refractivity contribution is 0.679. The Kier molecular flexibility index (Phi) is 11.1. The molecule has 0 saturated heterocycles. The average Bonchev–Trinajstić information content (AvgIpc) is 2.75. The van der Waals surface area contributed by atoms with E-state index in [1.54, 1.807) is 11.1 Å². The molecule has 0 nitrogen and oxygen atoms in total. The van der Waals surface area contributed by atoms with E-state index in [4.69, 9.17) is 0 Å². The van der Waals surface area contributed by atoms with Gasteiger partial charge in [-0.05, 0) is 41.2 Å². The van der Waals surface area contributed by atoms with Crippen LogP contribution in [0.25, 0.3) is 0 Å². The molecule has 0 aliphatic rings. The molecule has 2 heteroatoms. The van der Waals surface area contributed by atoms with Gasteiger partial charge < -0.3 is 0 Å². The molecular weight excluding hydrogens is 398 g/mol. The Morgan fingerprint density at radius 2 is 1.23 bits per heavy atom. The summed E-state index contributed by atoms with van der Waals surface area (Å²) < 4.78 is 0. The SMILES string of the molecule is CCCCC(c1ccccc1)P(CP(CC)C(CCC)c1ccccc1)C(C)(C)C. The van der Waals surface area contributed by atoms with Gasteiger partial charge in [0.25, 0.3) is 0 Å². The first-order valence-electron chi connectivity index (χ1n) is 12.0. The number of hydrogen-bond acceptors (Lipinski definition) is 0. The van der Waals surface area contributed by atoms with Gasteiger partial charge in [-0.2, -0.15) is 0 Å². The fourth-order valence-electron chi connectivity index (χ4n) is 4.48. The van der Waals surface area contributed by atoms with Crippen LogP contribution in [0.4, 0.5) is 0 Å². The Bertz CT molecular complexity index is 690. The number of rotatable bonds is 12. The first-order chi connectivity index (χ1) is 14.4. The maximum Gasteiger partial charge on any atom is 0.00496 e. The molecule has 0 saturated carbocycles. The number of hydrogen-bond donors (Lipinski definition) is 0. The highest BCUT2D eigenvalue weighted by Crippen LogP contribution is 2.70. The van der Waals surface area contributed by atoms with Crippen molar-refractivity contribution in [2.75, 3.05) is 12.1 Å². The zero-order valence-electron chi connectivity index (χ0n) is 20.3. The molecule has 30 heavy (non-hydrogen) atoms. The van der Waals surface area contributed by atoms with Gasteiger partial charge in [-0.15, -0.1) is 0 Å². The third-order valence-electron chi connectivity index (χ3n) is 6.18. The van der Waals surface area contributed by atoms with Gasteiger partial charge in [-0.25, -0.2) is 0 Å². The number of unbranched alkanes of at least 4 members (excludes halogenated alkanes) is 1. The zero-order chi connectivity index (χ0) is 22.0. The fourth-order valence-corrected chi connectivity index (χ4v) is 13.7. The van der Waals surface area contributed by atoms with Gasteiger partial charge in [-0.1, -0.05) is 137 Å². The summed E-state index contributed by atoms with van der Waals surface area (Å²) in [5.41, 5.74) is 4.66. The Hall–Kier alpha value is -0.700. The molecule has 4 atom stereocenters. The molecule has 0 aromatic heterocycles. The molecular formula is C28H44P2. The summed E-state index contributed by atoms with van der Waals surface area (Å²) in [4.78, 5) is 0. The molecule has 0 heterocycles. The quantitative estimate of drug-likeness (QED) is 0.287. The summed E-state index contributed by atoms with van der Waals surface area (Å²) >= 11 is 0. The highest BCUT2D eigenvalue weighted by molar-refractivity contribution is 7.75. The van der Waals surface area contributed by atoms with Crippen molar-refractivity contribution in [3.05, 3.63) is 71.8 Å². The van der Waals surface area contributed by atoms with Crippen LogP contribution in [-0.2, 0) is 0 Å². The Morgan fingerprint density at radius 3 is 1.67 bits per heavy atom. The monoisotopic (exact) mass is 442 g/mol. The topological polar surface area (TPSA) is 0 Å². The molecule has 2 rings (SSSR count). The van der Waals surface area contributed by atoms with E-state index in [1.165, 1.54) is 44.2 Å². The second-order valence-electron chi connectivity index (χ2n) is 9.47. The van der Waals surface area contributed by atoms with Crippen LogP contribution >= 0.6 is 15.8 Å². The smallest absolute Gasteiger partial charge is 0.00496 e. The van der Waals surface area contributed by atoms with Crippen molar-refractivity contribution in [3.8, 4) is 0 Å². The third-order valence-corrected chi connectivity index (χ3v) is 14.1. The summed E-state index contributed by atoms with van der Waals surface area (Å²) in [5, 5.41) is 0.382. The van der Waals surface area contributed by atoms with Gasteiger partial charge in [0.15, 0.2) is 0 Å². The van der Waals surface area contributed by atoms with Gasteiger partial charge in [0, 0.05) is 11.3 Å². The van der Waals surface area contributed by atoms with Crippen LogP contribution < -0.4 is 0 Å². The van der Waals surface area contributed by atoms with E-state index in [0.717, 1.165) is 11.3 Å². The average molecular weight is 443 g/mol. The van der Waals surface area contributed by atoms with Crippen molar-refractivity contribution in [3.63, 3.8) is 0 Å². The first kappa shape index (κ1) is 25.6. The summed E-state index contributed by atoms with van der Waals surface area (Å²) in [5.74, 6) is 1.45. The number of benzene rings is 2. The molecule has 2 aromatic rings. The molecule has 0 bridgehead atoms. The van der Waals surface area contributed by atoms with Crippen LogP contribution in [0.15, 0.2) is 60.7 Å². The molecule has 166 valence electrons. The lowest BCUT2D eigenvalue weighted by Gasteiger charge is -2.42. The lowest BCUT2D eigenvalue weighted by Crippen LogP contribution is -2.19. The molecule has 4 unspecified atom stereocenters. The van der Waals surface area contributed by atoms with E-state index in [-0.39, 0.29) is 15.8 Å². The third kappa shape index (κ3) is 7.46. The van der Waals surface area contributed by atoms with Crippen molar-refractivity contribution < 1.29 is 0 Å². The van der Waals surface area contributed by atoms with E-state index in [0.29, 0.717) is 5.16 Å². The van der Waals surface area contributed by atoms with E-state index in [1.807, 2.05) is 0 Å². The zero-order valence-corrected chi connectivity index (χ0v) is 22.1. The lowest BCUT2D eigenvalue weighted by atomic mass is 10.1. The van der Waals surface area contributed by atoms with Gasteiger partial charge in [0.05, 0.1) is 0 Å². The van der Waals surface area contributed by atoms with E-state index in [9.17, 15) is 0 Å². The van der Waals surface area contributed by atoms with Gasteiger partial charge in [-0.3, -0.25) is 0 Å². The van der Waals surface area contributed by atoms with Crippen LogP contribution in [-0.4, -0.2) is 17.2 Å². The van der Waals surface area contributed by atoms with E-state index in [2.05, 4.69) is 102 Å². The first-order valence-corrected chi connectivity index (χ1v) is 15.4. The van der Waals surface area contributed by atoms with Gasteiger partial charge in [0.2, 0.25) is 0 Å². The molecule has 0 aliphatic heterocycles. The molecule has 2 aromatic carbocycles.